The molecular weight excluding hydrogens is 402 g/mol. The Labute approximate surface area is 177 Å². The molecule has 7 nitrogen and oxygen atoms in total. The van der Waals surface area contributed by atoms with Crippen molar-refractivity contribution in [3.63, 3.8) is 0 Å². The number of primary amides is 1. The monoisotopic (exact) mass is 419 g/mol. The number of carbonyl (C=O) groups excluding carboxylic acids is 1. The number of tetrazole rings is 1. The molecule has 30 heavy (non-hydrogen) atoms. The predicted molar refractivity (Wildman–Crippen MR) is 114 cm³/mol. The summed E-state index contributed by atoms with van der Waals surface area (Å²) in [5, 5.41) is 14.8. The number of ether oxygens (including phenoxy) is 1. The van der Waals surface area contributed by atoms with Crippen LogP contribution in [0.1, 0.15) is 15.9 Å². The highest BCUT2D eigenvalue weighted by atomic mass is 35.5. The number of hydrogen-bond acceptors (Lipinski definition) is 5. The van der Waals surface area contributed by atoms with Gasteiger partial charge in [0.2, 0.25) is 5.82 Å². The number of halogens is 1. The van der Waals surface area contributed by atoms with E-state index in [1.165, 1.54) is 0 Å². The highest BCUT2D eigenvalue weighted by Crippen LogP contribution is 2.36. The van der Waals surface area contributed by atoms with Crippen molar-refractivity contribution in [2.45, 2.75) is 6.42 Å². The van der Waals surface area contributed by atoms with Gasteiger partial charge in [-0.2, -0.15) is 5.21 Å². The van der Waals surface area contributed by atoms with Crippen LogP contribution in [-0.4, -0.2) is 33.1 Å². The average molecular weight is 420 g/mol. The Bertz CT molecular complexity index is 1150. The number of amides is 1. The summed E-state index contributed by atoms with van der Waals surface area (Å²) in [4.78, 5) is 12.1. The molecule has 0 saturated heterocycles. The number of nitrogens with one attached hydrogen (secondary N) is 1. The summed E-state index contributed by atoms with van der Waals surface area (Å²) in [6, 6.07) is 20.7. The van der Waals surface area contributed by atoms with Crippen LogP contribution in [0, 0.1) is 0 Å². The molecule has 0 aliphatic heterocycles. The van der Waals surface area contributed by atoms with Crippen LogP contribution in [0.5, 0.6) is 5.75 Å². The molecule has 0 spiro atoms. The van der Waals surface area contributed by atoms with E-state index in [-0.39, 0.29) is 5.56 Å². The summed E-state index contributed by atoms with van der Waals surface area (Å²) in [6.45, 7) is 0.395. The minimum Gasteiger partial charge on any atom is -0.492 e. The van der Waals surface area contributed by atoms with Crippen molar-refractivity contribution in [3.05, 3.63) is 82.9 Å². The largest absolute Gasteiger partial charge is 0.492 e. The van der Waals surface area contributed by atoms with Gasteiger partial charge in [-0.3, -0.25) is 4.79 Å². The molecule has 150 valence electrons. The molecular formula is C22H18ClN5O2. The number of hydrogen-bond donors (Lipinski definition) is 2. The fraction of sp³-hybridized carbons (Fsp3) is 0.0909. The first-order valence-corrected chi connectivity index (χ1v) is 9.64. The molecule has 8 heteroatoms. The van der Waals surface area contributed by atoms with Crippen LogP contribution in [0.15, 0.2) is 66.7 Å². The maximum absolute atomic E-state index is 12.1. The van der Waals surface area contributed by atoms with E-state index < -0.39 is 5.91 Å². The minimum atomic E-state index is -0.600. The van der Waals surface area contributed by atoms with E-state index in [1.807, 2.05) is 42.5 Å². The number of H-pyrrole nitrogens is 1. The first kappa shape index (κ1) is 19.6. The summed E-state index contributed by atoms with van der Waals surface area (Å²) in [5.41, 5.74) is 9.26. The van der Waals surface area contributed by atoms with Crippen LogP contribution in [0.2, 0.25) is 5.02 Å². The molecule has 1 aromatic heterocycles. The lowest BCUT2D eigenvalue weighted by molar-refractivity contribution is 0.0996. The van der Waals surface area contributed by atoms with Gasteiger partial charge in [0.1, 0.15) is 5.75 Å². The van der Waals surface area contributed by atoms with E-state index >= 15 is 0 Å². The highest BCUT2D eigenvalue weighted by molar-refractivity contribution is 6.30. The van der Waals surface area contributed by atoms with Gasteiger partial charge in [-0.1, -0.05) is 54.1 Å². The number of aromatic nitrogens is 4. The minimum absolute atomic E-state index is 0.251. The first-order valence-electron chi connectivity index (χ1n) is 9.26. The van der Waals surface area contributed by atoms with Gasteiger partial charge < -0.3 is 10.5 Å². The van der Waals surface area contributed by atoms with E-state index in [0.29, 0.717) is 35.2 Å². The quantitative estimate of drug-likeness (QED) is 0.472. The number of carbonyl (C=O) groups is 1. The molecule has 0 bridgehead atoms. The van der Waals surface area contributed by atoms with Crippen LogP contribution >= 0.6 is 11.6 Å². The molecule has 4 rings (SSSR count). The van der Waals surface area contributed by atoms with Crippen molar-refractivity contribution in [1.29, 1.82) is 0 Å². The molecule has 0 aliphatic carbocycles. The molecule has 0 saturated carbocycles. The molecule has 0 aliphatic rings. The summed E-state index contributed by atoms with van der Waals surface area (Å²) in [5.74, 6) is 0.144. The van der Waals surface area contributed by atoms with Gasteiger partial charge in [-0.05, 0) is 46.2 Å². The van der Waals surface area contributed by atoms with Crippen molar-refractivity contribution in [2.24, 2.45) is 5.73 Å². The van der Waals surface area contributed by atoms with E-state index in [1.54, 1.807) is 24.3 Å². The molecule has 0 unspecified atom stereocenters. The number of nitrogens with zero attached hydrogens (tertiary/aromatic N) is 3. The molecule has 3 aromatic carbocycles. The zero-order valence-corrected chi connectivity index (χ0v) is 16.6. The van der Waals surface area contributed by atoms with Gasteiger partial charge in [-0.15, -0.1) is 10.2 Å². The molecule has 1 amide bonds. The Hall–Kier alpha value is -3.71. The van der Waals surface area contributed by atoms with Crippen molar-refractivity contribution in [2.75, 3.05) is 6.61 Å². The zero-order valence-electron chi connectivity index (χ0n) is 15.9. The molecule has 0 radical (unpaired) electrons. The summed E-state index contributed by atoms with van der Waals surface area (Å²) in [7, 11) is 0. The fourth-order valence-corrected chi connectivity index (χ4v) is 3.27. The topological polar surface area (TPSA) is 107 Å². The summed E-state index contributed by atoms with van der Waals surface area (Å²) in [6.07, 6.45) is 0.696. The van der Waals surface area contributed by atoms with E-state index in [0.717, 1.165) is 16.7 Å². The van der Waals surface area contributed by atoms with Gasteiger partial charge in [-0.25, -0.2) is 0 Å². The lowest BCUT2D eigenvalue weighted by atomic mass is 9.96. The second-order valence-corrected chi connectivity index (χ2v) is 7.02. The summed E-state index contributed by atoms with van der Waals surface area (Å²) < 4.78 is 5.97. The van der Waals surface area contributed by atoms with Gasteiger partial charge >= 0.3 is 0 Å². The van der Waals surface area contributed by atoms with Crippen LogP contribution in [0.4, 0.5) is 0 Å². The fourth-order valence-electron chi connectivity index (χ4n) is 3.14. The van der Waals surface area contributed by atoms with Gasteiger partial charge in [0.25, 0.3) is 5.91 Å². The normalized spacial score (nSPS) is 10.7. The lowest BCUT2D eigenvalue weighted by Gasteiger charge is -2.15. The lowest BCUT2D eigenvalue weighted by Crippen LogP contribution is -2.14. The number of aromatic amines is 1. The van der Waals surface area contributed by atoms with E-state index in [4.69, 9.17) is 22.1 Å². The van der Waals surface area contributed by atoms with Gasteiger partial charge in [0.05, 0.1) is 12.2 Å². The Kier molecular flexibility index (Phi) is 5.72. The Balaban J connectivity index is 1.74. The van der Waals surface area contributed by atoms with Crippen LogP contribution in [0.3, 0.4) is 0 Å². The Morgan fingerprint density at radius 3 is 2.47 bits per heavy atom. The first-order chi connectivity index (χ1) is 14.6. The number of rotatable bonds is 7. The second-order valence-electron chi connectivity index (χ2n) is 6.58. The third-order valence-corrected chi connectivity index (χ3v) is 4.87. The van der Waals surface area contributed by atoms with Crippen molar-refractivity contribution in [1.82, 2.24) is 20.6 Å². The van der Waals surface area contributed by atoms with Gasteiger partial charge in [0, 0.05) is 17.0 Å². The van der Waals surface area contributed by atoms with Gasteiger partial charge in [0.15, 0.2) is 0 Å². The third kappa shape index (κ3) is 4.31. The molecule has 3 N–H and O–H groups in total. The van der Waals surface area contributed by atoms with Crippen molar-refractivity contribution in [3.8, 4) is 28.3 Å². The van der Waals surface area contributed by atoms with Crippen LogP contribution in [0.25, 0.3) is 22.5 Å². The van der Waals surface area contributed by atoms with Crippen molar-refractivity contribution < 1.29 is 9.53 Å². The maximum atomic E-state index is 12.1. The molecule has 1 heterocycles. The molecule has 4 aromatic rings. The standard InChI is InChI=1S/C22H18ClN5O2/c23-16-8-6-15(7-9-16)17-13-20(30-11-10-14-4-2-1-3-5-14)19(21(24)29)12-18(17)22-25-27-28-26-22/h1-9,12-13H,10-11H2,(H2,24,29)(H,25,26,27,28). The average Bonchev–Trinajstić information content (AvgIpc) is 3.29. The zero-order chi connectivity index (χ0) is 20.9. The molecule has 0 atom stereocenters. The summed E-state index contributed by atoms with van der Waals surface area (Å²) >= 11 is 6.04. The molecule has 0 fully saturated rings. The van der Waals surface area contributed by atoms with E-state index in [9.17, 15) is 4.79 Å². The Morgan fingerprint density at radius 1 is 1.03 bits per heavy atom. The number of nitrogens with two attached hydrogens (primary N) is 1. The smallest absolute Gasteiger partial charge is 0.252 e. The van der Waals surface area contributed by atoms with Crippen molar-refractivity contribution >= 4 is 17.5 Å². The van der Waals surface area contributed by atoms with E-state index in [2.05, 4.69) is 20.6 Å². The highest BCUT2D eigenvalue weighted by Gasteiger charge is 2.19. The third-order valence-electron chi connectivity index (χ3n) is 4.62. The second kappa shape index (κ2) is 8.75. The van der Waals surface area contributed by atoms with Crippen LogP contribution < -0.4 is 10.5 Å². The maximum Gasteiger partial charge on any atom is 0.252 e. The Morgan fingerprint density at radius 2 is 1.80 bits per heavy atom. The van der Waals surface area contributed by atoms with Crippen LogP contribution in [-0.2, 0) is 6.42 Å². The number of benzene rings is 3. The SMILES string of the molecule is NC(=O)c1cc(-c2nn[nH]n2)c(-c2ccc(Cl)cc2)cc1OCCc1ccccc1. The predicted octanol–water partition coefficient (Wildman–Crippen LogP) is 3.91.